The smallest absolute Gasteiger partial charge is 0.378 e. The third-order valence-corrected chi connectivity index (χ3v) is 12.4. The number of halogens is 3. The summed E-state index contributed by atoms with van der Waals surface area (Å²) in [7, 11) is 0. The molecule has 1 aliphatic carbocycles. The number of nitrogens with zero attached hydrogens (tertiary/aromatic N) is 6. The number of anilines is 1. The number of piperazine rings is 1. The number of nitriles is 1. The fraction of sp³-hybridized carbons (Fsp3) is 0.575. The summed E-state index contributed by atoms with van der Waals surface area (Å²) in [4.78, 5) is 74.1. The van der Waals surface area contributed by atoms with E-state index in [1.807, 2.05) is 0 Å². The number of rotatable bonds is 12. The minimum atomic E-state index is -4.76. The van der Waals surface area contributed by atoms with Gasteiger partial charge in [-0.1, -0.05) is 0 Å². The lowest BCUT2D eigenvalue weighted by molar-refractivity contribution is -0.138. The summed E-state index contributed by atoms with van der Waals surface area (Å²) >= 11 is 0.635. The molecule has 6 amide bonds. The summed E-state index contributed by atoms with van der Waals surface area (Å²) in [5.74, 6) is -1.80. The number of carbonyl (C=O) groups excluding carboxylic acids is 5. The SMILES string of the molecule is C[C@@H]1CN(CCCOC2CCC(N3C(=O)N(Sc4ccc(C#N)c(C(F)(F)F)c4)C(=O)C3(C)C)CC2)C[C@H](C)N1CC(=O)Nc1ccc(C2CCC(=O)NC2=O)nc1. The molecule has 1 aromatic carbocycles. The van der Waals surface area contributed by atoms with E-state index in [0.717, 1.165) is 42.5 Å². The maximum absolute atomic E-state index is 13.6. The number of benzene rings is 1. The van der Waals surface area contributed by atoms with Crippen LogP contribution in [0.15, 0.2) is 41.4 Å². The molecule has 1 unspecified atom stereocenters. The van der Waals surface area contributed by atoms with Crippen LogP contribution in [0.5, 0.6) is 0 Å². The average Bonchev–Trinajstić information content (AvgIpc) is 3.33. The first-order valence-electron chi connectivity index (χ1n) is 19.6. The topological polar surface area (TPSA) is 168 Å². The number of alkyl halides is 3. The molecule has 6 rings (SSSR count). The van der Waals surface area contributed by atoms with E-state index in [9.17, 15) is 37.1 Å². The Morgan fingerprint density at radius 3 is 2.38 bits per heavy atom. The quantitative estimate of drug-likeness (QED) is 0.124. The number of piperidine rings is 1. The van der Waals surface area contributed by atoms with Crippen molar-refractivity contribution < 1.29 is 41.9 Å². The lowest BCUT2D eigenvalue weighted by Gasteiger charge is -2.44. The van der Waals surface area contributed by atoms with Gasteiger partial charge < -0.3 is 19.9 Å². The molecule has 0 bridgehead atoms. The number of hydrogen-bond donors (Lipinski definition) is 2. The van der Waals surface area contributed by atoms with Gasteiger partial charge in [-0.2, -0.15) is 22.7 Å². The molecule has 4 heterocycles. The predicted molar refractivity (Wildman–Crippen MR) is 207 cm³/mol. The van der Waals surface area contributed by atoms with Crippen molar-refractivity contribution in [3.63, 3.8) is 0 Å². The molecular weight excluding hydrogens is 778 g/mol. The fourth-order valence-corrected chi connectivity index (χ4v) is 9.46. The molecule has 0 radical (unpaired) electrons. The maximum atomic E-state index is 13.6. The summed E-state index contributed by atoms with van der Waals surface area (Å²) in [5, 5.41) is 14.4. The minimum Gasteiger partial charge on any atom is -0.378 e. The first kappa shape index (κ1) is 43.0. The van der Waals surface area contributed by atoms with Gasteiger partial charge in [0, 0.05) is 55.7 Å². The van der Waals surface area contributed by atoms with E-state index in [1.165, 1.54) is 18.3 Å². The highest BCUT2D eigenvalue weighted by atomic mass is 32.2. The van der Waals surface area contributed by atoms with Crippen molar-refractivity contribution in [1.82, 2.24) is 29.3 Å². The molecular formula is C40H49F3N8O6S. The summed E-state index contributed by atoms with van der Waals surface area (Å²) in [5.41, 5.74) is -1.75. The van der Waals surface area contributed by atoms with Crippen molar-refractivity contribution in [2.45, 2.75) is 119 Å². The van der Waals surface area contributed by atoms with Crippen molar-refractivity contribution in [2.75, 3.05) is 38.1 Å². The number of amides is 6. The summed E-state index contributed by atoms with van der Waals surface area (Å²) in [6.45, 7) is 10.7. The highest BCUT2D eigenvalue weighted by molar-refractivity contribution is 7.98. The summed E-state index contributed by atoms with van der Waals surface area (Å²) in [6.07, 6.45) is 0.913. The van der Waals surface area contributed by atoms with Crippen LogP contribution < -0.4 is 10.6 Å². The van der Waals surface area contributed by atoms with Gasteiger partial charge in [-0.05, 0) is 108 Å². The van der Waals surface area contributed by atoms with E-state index in [2.05, 4.69) is 39.3 Å². The second-order valence-electron chi connectivity index (χ2n) is 16.0. The third kappa shape index (κ3) is 9.65. The predicted octanol–water partition coefficient (Wildman–Crippen LogP) is 5.29. The second kappa shape index (κ2) is 17.7. The zero-order chi connectivity index (χ0) is 41.9. The number of imide groups is 2. The molecule has 3 atom stereocenters. The number of urea groups is 1. The van der Waals surface area contributed by atoms with Crippen LogP contribution in [0, 0.1) is 11.3 Å². The van der Waals surface area contributed by atoms with Crippen LogP contribution in [0.3, 0.4) is 0 Å². The van der Waals surface area contributed by atoms with Gasteiger partial charge in [0.15, 0.2) is 0 Å². The minimum absolute atomic E-state index is 0.00901. The van der Waals surface area contributed by atoms with Gasteiger partial charge in [0.25, 0.3) is 5.91 Å². The van der Waals surface area contributed by atoms with Gasteiger partial charge in [-0.25, -0.2) is 4.79 Å². The zero-order valence-electron chi connectivity index (χ0n) is 33.0. The normalized spacial score (nSPS) is 25.8. The number of pyridine rings is 1. The van der Waals surface area contributed by atoms with Crippen molar-refractivity contribution in [1.29, 1.82) is 5.26 Å². The van der Waals surface area contributed by atoms with Crippen LogP contribution in [0.25, 0.3) is 0 Å². The third-order valence-electron chi connectivity index (χ3n) is 11.5. The van der Waals surface area contributed by atoms with Crippen LogP contribution in [0.2, 0.25) is 0 Å². The van der Waals surface area contributed by atoms with Crippen LogP contribution in [0.4, 0.5) is 23.7 Å². The van der Waals surface area contributed by atoms with Gasteiger partial charge in [0.1, 0.15) is 5.54 Å². The Balaban J connectivity index is 0.907. The first-order valence-corrected chi connectivity index (χ1v) is 20.4. The van der Waals surface area contributed by atoms with E-state index in [4.69, 9.17) is 10.00 Å². The van der Waals surface area contributed by atoms with Crippen molar-refractivity contribution >= 4 is 47.3 Å². The van der Waals surface area contributed by atoms with E-state index in [0.29, 0.717) is 62.0 Å². The largest absolute Gasteiger partial charge is 0.417 e. The average molecular weight is 827 g/mol. The van der Waals surface area contributed by atoms with Crippen LogP contribution in [0.1, 0.15) is 95.4 Å². The van der Waals surface area contributed by atoms with Crippen molar-refractivity contribution in [3.05, 3.63) is 53.3 Å². The highest BCUT2D eigenvalue weighted by Gasteiger charge is 2.55. The molecule has 312 valence electrons. The first-order chi connectivity index (χ1) is 27.5. The Morgan fingerprint density at radius 2 is 1.76 bits per heavy atom. The van der Waals surface area contributed by atoms with Gasteiger partial charge in [0.2, 0.25) is 17.7 Å². The zero-order valence-corrected chi connectivity index (χ0v) is 33.8. The van der Waals surface area contributed by atoms with Crippen LogP contribution in [-0.4, -0.2) is 116 Å². The molecule has 3 aliphatic heterocycles. The molecule has 1 saturated carbocycles. The number of carbonyl (C=O) groups is 5. The van der Waals surface area contributed by atoms with Crippen molar-refractivity contribution in [2.24, 2.45) is 0 Å². The Bertz CT molecular complexity index is 1920. The maximum Gasteiger partial charge on any atom is 0.417 e. The molecule has 3 saturated heterocycles. The highest BCUT2D eigenvalue weighted by Crippen LogP contribution is 2.42. The number of nitrogens with one attached hydrogen (secondary N) is 2. The molecule has 14 nitrogen and oxygen atoms in total. The van der Waals surface area contributed by atoms with E-state index >= 15 is 0 Å². The molecule has 2 N–H and O–H groups in total. The molecule has 58 heavy (non-hydrogen) atoms. The standard InChI is InChI=1S/C40H49F3N8O6S/c1-24-21-48(22-25(2)49(24)23-35(53)46-27-7-14-33(45-20-27)31-13-15-34(52)47-36(31)54)16-5-17-57-29-10-8-28(9-11-29)50-38(56)51(37(55)39(50,3)4)58-30-12-6-26(19-44)32(18-30)40(41,42)43/h6-7,12,14,18,20,24-25,28-29,31H,5,8-11,13,15-17,21-23H2,1-4H3,(H,46,53)(H,47,52,54)/t24-,25+,28?,29?,31?. The Hall–Kier alpha value is -4.57. The Morgan fingerprint density at radius 1 is 1.05 bits per heavy atom. The van der Waals surface area contributed by atoms with E-state index < -0.39 is 40.7 Å². The Labute approximate surface area is 339 Å². The molecule has 0 spiro atoms. The Kier molecular flexibility index (Phi) is 13.2. The molecule has 2 aromatic rings. The lowest BCUT2D eigenvalue weighted by Crippen LogP contribution is -2.58. The van der Waals surface area contributed by atoms with Gasteiger partial charge in [-0.15, -0.1) is 0 Å². The number of aromatic nitrogens is 1. The van der Waals surface area contributed by atoms with Crippen LogP contribution in [-0.2, 0) is 30.1 Å². The van der Waals surface area contributed by atoms with Crippen molar-refractivity contribution in [3.8, 4) is 6.07 Å². The molecule has 4 fully saturated rings. The lowest BCUT2D eigenvalue weighted by atomic mass is 9.89. The number of hydrogen-bond acceptors (Lipinski definition) is 11. The molecule has 1 aromatic heterocycles. The molecule has 4 aliphatic rings. The van der Waals surface area contributed by atoms with E-state index in [-0.39, 0.29) is 59.8 Å². The molecule has 18 heteroatoms. The second-order valence-corrected chi connectivity index (χ2v) is 17.0. The van der Waals surface area contributed by atoms with E-state index in [1.54, 1.807) is 30.9 Å². The van der Waals surface area contributed by atoms with Gasteiger partial charge >= 0.3 is 12.2 Å². The fourth-order valence-electron chi connectivity index (χ4n) is 8.48. The van der Waals surface area contributed by atoms with Gasteiger partial charge in [0.05, 0.1) is 53.3 Å². The number of ether oxygens (including phenoxy) is 1. The van der Waals surface area contributed by atoms with Crippen LogP contribution >= 0.6 is 11.9 Å². The summed E-state index contributed by atoms with van der Waals surface area (Å²) in [6, 6.07) is 7.58. The monoisotopic (exact) mass is 826 g/mol. The summed E-state index contributed by atoms with van der Waals surface area (Å²) < 4.78 is 47.8. The van der Waals surface area contributed by atoms with Gasteiger partial charge in [-0.3, -0.25) is 34.4 Å².